The summed E-state index contributed by atoms with van der Waals surface area (Å²) >= 11 is 0. The fourth-order valence-electron chi connectivity index (χ4n) is 3.45. The van der Waals surface area contributed by atoms with Gasteiger partial charge in [-0.05, 0) is 44.4 Å². The molecule has 0 unspecified atom stereocenters. The smallest absolute Gasteiger partial charge is 0.226 e. The molecular weight excluding hydrogens is 268 g/mol. The van der Waals surface area contributed by atoms with Crippen molar-refractivity contribution in [3.63, 3.8) is 0 Å². The van der Waals surface area contributed by atoms with E-state index in [2.05, 4.69) is 18.3 Å². The molecule has 0 aromatic carbocycles. The van der Waals surface area contributed by atoms with Gasteiger partial charge < -0.3 is 14.8 Å². The Balaban J connectivity index is 1.59. The highest BCUT2D eigenvalue weighted by Gasteiger charge is 2.48. The highest BCUT2D eigenvalue weighted by Crippen LogP contribution is 2.38. The van der Waals surface area contributed by atoms with Gasteiger partial charge in [-0.25, -0.2) is 0 Å². The van der Waals surface area contributed by atoms with E-state index in [1.54, 1.807) is 0 Å². The van der Waals surface area contributed by atoms with Crippen LogP contribution >= 0.6 is 0 Å². The lowest BCUT2D eigenvalue weighted by molar-refractivity contribution is -0.134. The summed E-state index contributed by atoms with van der Waals surface area (Å²) in [6.45, 7) is 3.67. The zero-order valence-corrected chi connectivity index (χ0v) is 12.6. The van der Waals surface area contributed by atoms with Gasteiger partial charge in [0.25, 0.3) is 0 Å². The van der Waals surface area contributed by atoms with Crippen molar-refractivity contribution in [1.82, 2.24) is 5.32 Å². The fraction of sp³-hybridized carbons (Fsp3) is 0.875. The summed E-state index contributed by atoms with van der Waals surface area (Å²) in [4.78, 5) is 12.5. The Morgan fingerprint density at radius 3 is 2.67 bits per heavy atom. The van der Waals surface area contributed by atoms with Gasteiger partial charge >= 0.3 is 0 Å². The van der Waals surface area contributed by atoms with Crippen LogP contribution in [0.25, 0.3) is 0 Å². The first-order valence-corrected chi connectivity index (χ1v) is 8.08. The molecule has 21 heavy (non-hydrogen) atoms. The van der Waals surface area contributed by atoms with Gasteiger partial charge in [-0.3, -0.25) is 4.79 Å². The molecule has 0 radical (unpaired) electrons. The third-order valence-electron chi connectivity index (χ3n) is 4.94. The highest BCUT2D eigenvalue weighted by molar-refractivity contribution is 5.81. The number of carbonyl (C=O) groups is 1. The Bertz CT molecular complexity index is 435. The summed E-state index contributed by atoms with van der Waals surface area (Å²) in [6.07, 6.45) is 5.41. The second-order valence-electron chi connectivity index (χ2n) is 6.85. The number of amides is 1. The zero-order valence-electron chi connectivity index (χ0n) is 12.6. The van der Waals surface area contributed by atoms with E-state index in [1.165, 1.54) is 0 Å². The molecule has 3 fully saturated rings. The number of nitriles is 1. The van der Waals surface area contributed by atoms with Crippen molar-refractivity contribution in [2.24, 2.45) is 11.8 Å². The van der Waals surface area contributed by atoms with Crippen molar-refractivity contribution in [1.29, 1.82) is 5.26 Å². The first-order valence-electron chi connectivity index (χ1n) is 8.08. The fourth-order valence-corrected chi connectivity index (χ4v) is 3.45. The van der Waals surface area contributed by atoms with E-state index >= 15 is 0 Å². The maximum Gasteiger partial charge on any atom is 0.226 e. The lowest BCUT2D eigenvalue weighted by Crippen LogP contribution is -2.43. The van der Waals surface area contributed by atoms with E-state index in [4.69, 9.17) is 14.7 Å². The molecule has 1 heterocycles. The van der Waals surface area contributed by atoms with Crippen molar-refractivity contribution in [3.8, 4) is 6.07 Å². The van der Waals surface area contributed by atoms with Gasteiger partial charge in [-0.2, -0.15) is 5.26 Å². The van der Waals surface area contributed by atoms with E-state index in [0.717, 1.165) is 51.7 Å². The molecule has 1 saturated heterocycles. The number of carbonyl (C=O) groups excluding carboxylic acids is 1. The molecule has 1 aliphatic heterocycles. The van der Waals surface area contributed by atoms with Crippen LogP contribution in [0.1, 0.15) is 45.4 Å². The number of hydrogen-bond acceptors (Lipinski definition) is 4. The molecule has 0 bridgehead atoms. The summed E-state index contributed by atoms with van der Waals surface area (Å²) < 4.78 is 11.6. The second kappa shape index (κ2) is 5.94. The van der Waals surface area contributed by atoms with Crippen molar-refractivity contribution in [3.05, 3.63) is 0 Å². The Morgan fingerprint density at radius 2 is 2.05 bits per heavy atom. The van der Waals surface area contributed by atoms with Gasteiger partial charge in [0.15, 0.2) is 0 Å². The minimum atomic E-state index is -0.577. The Hall–Kier alpha value is -1.12. The average Bonchev–Trinajstić information content (AvgIpc) is 3.16. The Labute approximate surface area is 126 Å². The average molecular weight is 292 g/mol. The molecule has 5 heteroatoms. The maximum atomic E-state index is 12.5. The molecule has 2 aliphatic carbocycles. The van der Waals surface area contributed by atoms with Gasteiger partial charge in [0.05, 0.1) is 24.2 Å². The third-order valence-corrected chi connectivity index (χ3v) is 4.94. The number of nitrogens with one attached hydrogen (secondary N) is 1. The summed E-state index contributed by atoms with van der Waals surface area (Å²) in [7, 11) is 0. The topological polar surface area (TPSA) is 71.3 Å². The van der Waals surface area contributed by atoms with Crippen LogP contribution in [0.3, 0.4) is 0 Å². The molecule has 3 rings (SSSR count). The van der Waals surface area contributed by atoms with Crippen LogP contribution in [0.15, 0.2) is 0 Å². The molecule has 3 aliphatic rings. The molecular formula is C16H24N2O3. The van der Waals surface area contributed by atoms with Gasteiger partial charge in [-0.15, -0.1) is 0 Å². The molecule has 0 spiro atoms. The minimum Gasteiger partial charge on any atom is -0.381 e. The first-order chi connectivity index (χ1) is 10.1. The predicted molar refractivity (Wildman–Crippen MR) is 76.3 cm³/mol. The molecule has 2 saturated carbocycles. The second-order valence-corrected chi connectivity index (χ2v) is 6.85. The molecule has 5 nitrogen and oxygen atoms in total. The number of ether oxygens (including phenoxy) is 2. The van der Waals surface area contributed by atoms with E-state index < -0.39 is 5.54 Å². The standard InChI is InChI=1S/C16H24N2O3/c1-11-8-13(15(19)18-16(10-17)4-5-16)14(9-11)21-12-2-6-20-7-3-12/h11-14H,2-9H2,1H3,(H,18,19)/t11-,13-,14-/m0/s1. The highest BCUT2D eigenvalue weighted by atomic mass is 16.5. The maximum absolute atomic E-state index is 12.5. The summed E-state index contributed by atoms with van der Waals surface area (Å²) in [6, 6.07) is 2.22. The molecule has 3 atom stereocenters. The van der Waals surface area contributed by atoms with E-state index in [-0.39, 0.29) is 24.0 Å². The largest absolute Gasteiger partial charge is 0.381 e. The Kier molecular flexibility index (Phi) is 4.19. The van der Waals surface area contributed by atoms with Gasteiger partial charge in [-0.1, -0.05) is 6.92 Å². The van der Waals surface area contributed by atoms with Crippen molar-refractivity contribution in [2.75, 3.05) is 13.2 Å². The Morgan fingerprint density at radius 1 is 1.33 bits per heavy atom. The third kappa shape index (κ3) is 3.38. The lowest BCUT2D eigenvalue weighted by Gasteiger charge is -2.28. The zero-order chi connectivity index (χ0) is 14.9. The van der Waals surface area contributed by atoms with Gasteiger partial charge in [0.1, 0.15) is 5.54 Å². The molecule has 0 aromatic heterocycles. The van der Waals surface area contributed by atoms with Gasteiger partial charge in [0.2, 0.25) is 5.91 Å². The molecule has 1 N–H and O–H groups in total. The van der Waals surface area contributed by atoms with Gasteiger partial charge in [0, 0.05) is 13.2 Å². The predicted octanol–water partition coefficient (Wildman–Crippen LogP) is 1.77. The summed E-state index contributed by atoms with van der Waals surface area (Å²) in [5, 5.41) is 12.1. The summed E-state index contributed by atoms with van der Waals surface area (Å²) in [5.41, 5.74) is -0.577. The van der Waals surface area contributed by atoms with Crippen LogP contribution in [-0.2, 0) is 14.3 Å². The van der Waals surface area contributed by atoms with Crippen LogP contribution in [0, 0.1) is 23.2 Å². The van der Waals surface area contributed by atoms with Crippen LogP contribution in [0.4, 0.5) is 0 Å². The number of hydrogen-bond donors (Lipinski definition) is 1. The monoisotopic (exact) mass is 292 g/mol. The number of rotatable bonds is 4. The first kappa shape index (κ1) is 14.8. The van der Waals surface area contributed by atoms with Crippen LogP contribution in [0.2, 0.25) is 0 Å². The minimum absolute atomic E-state index is 0.00223. The molecule has 0 aromatic rings. The van der Waals surface area contributed by atoms with E-state index in [1.807, 2.05) is 0 Å². The van der Waals surface area contributed by atoms with E-state index in [0.29, 0.717) is 5.92 Å². The summed E-state index contributed by atoms with van der Waals surface area (Å²) in [5.74, 6) is 0.409. The van der Waals surface area contributed by atoms with Crippen LogP contribution in [-0.4, -0.2) is 36.9 Å². The molecule has 1 amide bonds. The van der Waals surface area contributed by atoms with Crippen molar-refractivity contribution < 1.29 is 14.3 Å². The van der Waals surface area contributed by atoms with Crippen molar-refractivity contribution in [2.45, 2.75) is 63.2 Å². The van der Waals surface area contributed by atoms with Crippen molar-refractivity contribution >= 4 is 5.91 Å². The lowest BCUT2D eigenvalue weighted by atomic mass is 10.0. The van der Waals surface area contributed by atoms with E-state index in [9.17, 15) is 4.79 Å². The quantitative estimate of drug-likeness (QED) is 0.857. The normalized spacial score (nSPS) is 35.1. The SMILES string of the molecule is C[C@@H]1C[C@H](OC2CCOCC2)[C@@H](C(=O)NC2(C#N)CC2)C1. The van der Waals surface area contributed by atoms with Crippen LogP contribution in [0.5, 0.6) is 0 Å². The molecule has 116 valence electrons. The van der Waals surface area contributed by atoms with Crippen LogP contribution < -0.4 is 5.32 Å². The number of nitrogens with zero attached hydrogens (tertiary/aromatic N) is 1.